The molecule has 1 aliphatic rings. The van der Waals surface area contributed by atoms with Crippen molar-refractivity contribution in [2.75, 3.05) is 0 Å². The molecule has 3 heterocycles. The van der Waals surface area contributed by atoms with Crippen molar-refractivity contribution < 1.29 is 18.0 Å². The first-order chi connectivity index (χ1) is 12.3. The lowest BCUT2D eigenvalue weighted by Crippen LogP contribution is -2.21. The monoisotopic (exact) mass is 359 g/mol. The van der Waals surface area contributed by atoms with Crippen LogP contribution < -0.4 is 5.32 Å². The highest BCUT2D eigenvalue weighted by atomic mass is 19.4. The Hall–Kier alpha value is -2.83. The third kappa shape index (κ3) is 2.83. The van der Waals surface area contributed by atoms with Crippen LogP contribution in [0.25, 0.3) is 5.65 Å². The summed E-state index contributed by atoms with van der Waals surface area (Å²) in [6.45, 7) is 2.27. The van der Waals surface area contributed by atoms with Gasteiger partial charge in [-0.25, -0.2) is 4.98 Å². The molecular formula is C19H16F3N3O. The van der Waals surface area contributed by atoms with E-state index in [0.29, 0.717) is 12.1 Å². The van der Waals surface area contributed by atoms with E-state index in [0.717, 1.165) is 34.7 Å². The predicted octanol–water partition coefficient (Wildman–Crippen LogP) is 3.81. The van der Waals surface area contributed by atoms with Crippen LogP contribution >= 0.6 is 0 Å². The lowest BCUT2D eigenvalue weighted by molar-refractivity contribution is -0.137. The van der Waals surface area contributed by atoms with Gasteiger partial charge in [-0.05, 0) is 36.2 Å². The lowest BCUT2D eigenvalue weighted by atomic mass is 9.91. The fourth-order valence-corrected chi connectivity index (χ4v) is 3.43. The fourth-order valence-electron chi connectivity index (χ4n) is 3.43. The molecule has 0 saturated heterocycles. The van der Waals surface area contributed by atoms with Gasteiger partial charge in [-0.3, -0.25) is 4.79 Å². The number of hydrogen-bond acceptors (Lipinski definition) is 2. The number of alkyl halides is 3. The minimum absolute atomic E-state index is 0.144. The maximum Gasteiger partial charge on any atom is 0.416 e. The number of carbonyl (C=O) groups is 1. The van der Waals surface area contributed by atoms with Crippen molar-refractivity contribution in [1.29, 1.82) is 0 Å². The molecule has 1 amide bonds. The van der Waals surface area contributed by atoms with E-state index in [2.05, 4.69) is 10.3 Å². The number of fused-ring (bicyclic) bond motifs is 3. The van der Waals surface area contributed by atoms with Gasteiger partial charge in [-0.15, -0.1) is 0 Å². The highest BCUT2D eigenvalue weighted by Gasteiger charge is 2.32. The number of aromatic nitrogens is 2. The number of amides is 1. The van der Waals surface area contributed by atoms with Gasteiger partial charge in [0.1, 0.15) is 5.65 Å². The van der Waals surface area contributed by atoms with Crippen LogP contribution in [0.4, 0.5) is 13.2 Å². The zero-order chi connectivity index (χ0) is 18.5. The normalized spacial score (nSPS) is 17.7. The van der Waals surface area contributed by atoms with Crippen LogP contribution in [0.15, 0.2) is 42.6 Å². The van der Waals surface area contributed by atoms with E-state index >= 15 is 0 Å². The Morgan fingerprint density at radius 3 is 2.58 bits per heavy atom. The summed E-state index contributed by atoms with van der Waals surface area (Å²) in [5.41, 5.74) is 3.35. The van der Waals surface area contributed by atoms with Crippen molar-refractivity contribution in [1.82, 2.24) is 14.7 Å². The maximum absolute atomic E-state index is 12.9. The summed E-state index contributed by atoms with van der Waals surface area (Å²) < 4.78 is 40.5. The maximum atomic E-state index is 12.9. The second-order valence-electron chi connectivity index (χ2n) is 6.53. The van der Waals surface area contributed by atoms with Crippen LogP contribution in [0, 0.1) is 6.92 Å². The Labute approximate surface area is 147 Å². The molecule has 0 radical (unpaired) electrons. The zero-order valence-corrected chi connectivity index (χ0v) is 14.0. The molecule has 0 aliphatic carbocycles. The largest absolute Gasteiger partial charge is 0.416 e. The van der Waals surface area contributed by atoms with Crippen molar-refractivity contribution in [3.05, 3.63) is 70.7 Å². The van der Waals surface area contributed by atoms with E-state index in [-0.39, 0.29) is 18.2 Å². The minimum Gasteiger partial charge on any atom is -0.350 e. The minimum atomic E-state index is -4.38. The summed E-state index contributed by atoms with van der Waals surface area (Å²) in [5, 5.41) is 2.82. The number of aryl methyl sites for hydroxylation is 1. The van der Waals surface area contributed by atoms with Gasteiger partial charge in [-0.1, -0.05) is 18.2 Å². The highest BCUT2D eigenvalue weighted by Crippen LogP contribution is 2.35. The topological polar surface area (TPSA) is 46.4 Å². The Balaban J connectivity index is 1.86. The number of imidazole rings is 1. The van der Waals surface area contributed by atoms with Gasteiger partial charge in [0.15, 0.2) is 0 Å². The molecule has 0 unspecified atom stereocenters. The summed E-state index contributed by atoms with van der Waals surface area (Å²) in [6.07, 6.45) is -2.28. The van der Waals surface area contributed by atoms with Crippen LogP contribution in [0.3, 0.4) is 0 Å². The molecule has 26 heavy (non-hydrogen) atoms. The van der Waals surface area contributed by atoms with E-state index in [1.807, 2.05) is 29.7 Å². The Morgan fingerprint density at radius 1 is 1.15 bits per heavy atom. The number of halogens is 3. The summed E-state index contributed by atoms with van der Waals surface area (Å²) in [7, 11) is 0. The van der Waals surface area contributed by atoms with Crippen molar-refractivity contribution in [2.45, 2.75) is 32.0 Å². The standard InChI is InChI=1S/C19H16F3N3O/c1-11-2-7-16-24-15-9-23-17(26)8-14(18(15)25(16)10-11)12-3-5-13(6-4-12)19(20,21)22/h2-7,10,14H,8-9H2,1H3,(H,23,26)/t14-/m1/s1. The van der Waals surface area contributed by atoms with E-state index in [9.17, 15) is 18.0 Å². The molecule has 1 aliphatic heterocycles. The fraction of sp³-hybridized carbons (Fsp3) is 0.263. The van der Waals surface area contributed by atoms with Crippen molar-refractivity contribution >= 4 is 11.6 Å². The number of hydrogen-bond donors (Lipinski definition) is 1. The van der Waals surface area contributed by atoms with E-state index in [4.69, 9.17) is 0 Å². The average molecular weight is 359 g/mol. The molecule has 2 aromatic heterocycles. The summed E-state index contributed by atoms with van der Waals surface area (Å²) >= 11 is 0. The molecule has 0 spiro atoms. The van der Waals surface area contributed by atoms with Crippen molar-refractivity contribution in [2.24, 2.45) is 0 Å². The van der Waals surface area contributed by atoms with Crippen LogP contribution in [0.2, 0.25) is 0 Å². The number of rotatable bonds is 1. The average Bonchev–Trinajstić information content (AvgIpc) is 2.85. The van der Waals surface area contributed by atoms with E-state index < -0.39 is 11.7 Å². The summed E-state index contributed by atoms with van der Waals surface area (Å²) in [6, 6.07) is 8.87. The van der Waals surface area contributed by atoms with Crippen LogP contribution in [0.1, 0.15) is 40.4 Å². The molecule has 0 fully saturated rings. The number of nitrogens with zero attached hydrogens (tertiary/aromatic N) is 2. The molecule has 4 nitrogen and oxygen atoms in total. The van der Waals surface area contributed by atoms with Crippen LogP contribution in [-0.2, 0) is 17.5 Å². The zero-order valence-electron chi connectivity index (χ0n) is 14.0. The number of nitrogens with one attached hydrogen (secondary N) is 1. The Morgan fingerprint density at radius 2 is 1.88 bits per heavy atom. The molecule has 4 rings (SSSR count). The van der Waals surface area contributed by atoms with Crippen LogP contribution in [-0.4, -0.2) is 15.3 Å². The van der Waals surface area contributed by atoms with Crippen molar-refractivity contribution in [3.63, 3.8) is 0 Å². The van der Waals surface area contributed by atoms with Crippen LogP contribution in [0.5, 0.6) is 0 Å². The number of carbonyl (C=O) groups excluding carboxylic acids is 1. The third-order valence-corrected chi connectivity index (χ3v) is 4.69. The first-order valence-corrected chi connectivity index (χ1v) is 8.24. The molecule has 134 valence electrons. The summed E-state index contributed by atoms with van der Waals surface area (Å²) in [5.74, 6) is -0.499. The Kier molecular flexibility index (Phi) is 3.75. The van der Waals surface area contributed by atoms with Gasteiger partial charge in [0.05, 0.1) is 23.5 Å². The van der Waals surface area contributed by atoms with Gasteiger partial charge in [0, 0.05) is 18.5 Å². The number of pyridine rings is 1. The van der Waals surface area contributed by atoms with Gasteiger partial charge in [0.2, 0.25) is 5.91 Å². The highest BCUT2D eigenvalue weighted by molar-refractivity contribution is 5.78. The van der Waals surface area contributed by atoms with Gasteiger partial charge in [-0.2, -0.15) is 13.2 Å². The molecule has 1 aromatic carbocycles. The second-order valence-corrected chi connectivity index (χ2v) is 6.53. The third-order valence-electron chi connectivity index (χ3n) is 4.69. The molecule has 0 saturated carbocycles. The Bertz CT molecular complexity index is 990. The molecule has 1 N–H and O–H groups in total. The smallest absolute Gasteiger partial charge is 0.350 e. The van der Waals surface area contributed by atoms with Crippen molar-refractivity contribution in [3.8, 4) is 0 Å². The molecule has 3 aromatic rings. The lowest BCUT2D eigenvalue weighted by Gasteiger charge is -2.17. The molecule has 7 heteroatoms. The quantitative estimate of drug-likeness (QED) is 0.718. The van der Waals surface area contributed by atoms with Gasteiger partial charge in [0.25, 0.3) is 0 Å². The predicted molar refractivity (Wildman–Crippen MR) is 89.7 cm³/mol. The SMILES string of the molecule is Cc1ccc2nc3c(n2c1)[C@@H](c1ccc(C(F)(F)F)cc1)CC(=O)NC3. The molecule has 0 bridgehead atoms. The first kappa shape index (κ1) is 16.6. The molecule has 1 atom stereocenters. The number of benzene rings is 1. The molecular weight excluding hydrogens is 343 g/mol. The first-order valence-electron chi connectivity index (χ1n) is 8.24. The van der Waals surface area contributed by atoms with E-state index in [1.54, 1.807) is 0 Å². The second kappa shape index (κ2) is 5.86. The van der Waals surface area contributed by atoms with E-state index in [1.165, 1.54) is 12.1 Å². The van der Waals surface area contributed by atoms with Gasteiger partial charge >= 0.3 is 6.18 Å². The van der Waals surface area contributed by atoms with Gasteiger partial charge < -0.3 is 9.72 Å². The summed E-state index contributed by atoms with van der Waals surface area (Å²) in [4.78, 5) is 16.7.